The fourth-order valence-corrected chi connectivity index (χ4v) is 2.25. The third kappa shape index (κ3) is 6.40. The van der Waals surface area contributed by atoms with E-state index in [1.807, 2.05) is 67.6 Å². The highest BCUT2D eigenvalue weighted by atomic mass is 16.5. The Balaban J connectivity index is 1.62. The number of benzene rings is 2. The molecular formula is C19H24N2O3. The quantitative estimate of drug-likeness (QED) is 0.697. The van der Waals surface area contributed by atoms with E-state index in [9.17, 15) is 9.90 Å². The number of amides is 1. The Morgan fingerprint density at radius 2 is 1.67 bits per heavy atom. The Bertz CT molecular complexity index is 605. The van der Waals surface area contributed by atoms with E-state index in [1.165, 1.54) is 0 Å². The summed E-state index contributed by atoms with van der Waals surface area (Å²) in [4.78, 5) is 11.7. The van der Waals surface area contributed by atoms with E-state index in [0.717, 1.165) is 11.1 Å². The molecule has 0 aromatic heterocycles. The first-order valence-corrected chi connectivity index (χ1v) is 8.06. The molecule has 3 N–H and O–H groups in total. The molecule has 0 saturated carbocycles. The molecule has 0 saturated heterocycles. The molecule has 0 fully saturated rings. The van der Waals surface area contributed by atoms with Gasteiger partial charge in [-0.1, -0.05) is 60.7 Å². The fourth-order valence-electron chi connectivity index (χ4n) is 2.25. The zero-order chi connectivity index (χ0) is 17.2. The molecule has 0 aliphatic heterocycles. The topological polar surface area (TPSA) is 70.6 Å². The largest absolute Gasteiger partial charge is 0.445 e. The average Bonchev–Trinajstić information content (AvgIpc) is 2.61. The SMILES string of the molecule is C[C@H](CNC[C@@H](O)c1ccccc1)NC(=O)OCc1ccccc1. The van der Waals surface area contributed by atoms with Gasteiger partial charge >= 0.3 is 6.09 Å². The number of carbonyl (C=O) groups is 1. The van der Waals surface area contributed by atoms with Crippen molar-refractivity contribution >= 4 is 6.09 Å². The van der Waals surface area contributed by atoms with Gasteiger partial charge in [0.25, 0.3) is 0 Å². The smallest absolute Gasteiger partial charge is 0.407 e. The summed E-state index contributed by atoms with van der Waals surface area (Å²) >= 11 is 0. The number of aliphatic hydroxyl groups is 1. The van der Waals surface area contributed by atoms with Gasteiger partial charge < -0.3 is 20.5 Å². The number of hydrogen-bond acceptors (Lipinski definition) is 4. The summed E-state index contributed by atoms with van der Waals surface area (Å²) < 4.78 is 5.17. The minimum Gasteiger partial charge on any atom is -0.445 e. The molecule has 24 heavy (non-hydrogen) atoms. The number of alkyl carbamates (subject to hydrolysis) is 1. The van der Waals surface area contributed by atoms with Gasteiger partial charge in [-0.3, -0.25) is 0 Å². The van der Waals surface area contributed by atoms with Crippen molar-refractivity contribution in [2.45, 2.75) is 25.7 Å². The maximum absolute atomic E-state index is 11.7. The molecule has 0 bridgehead atoms. The molecule has 0 heterocycles. The van der Waals surface area contributed by atoms with Crippen LogP contribution in [-0.2, 0) is 11.3 Å². The predicted molar refractivity (Wildman–Crippen MR) is 93.5 cm³/mol. The number of carbonyl (C=O) groups excluding carboxylic acids is 1. The van der Waals surface area contributed by atoms with Crippen molar-refractivity contribution in [3.05, 3.63) is 71.8 Å². The summed E-state index contributed by atoms with van der Waals surface area (Å²) in [6, 6.07) is 18.9. The fraction of sp³-hybridized carbons (Fsp3) is 0.316. The Hall–Kier alpha value is -2.37. The predicted octanol–water partition coefficient (Wildman–Crippen LogP) is 2.62. The lowest BCUT2D eigenvalue weighted by Gasteiger charge is -2.17. The standard InChI is InChI=1S/C19H24N2O3/c1-15(12-20-13-18(22)17-10-6-3-7-11-17)21-19(23)24-14-16-8-4-2-5-9-16/h2-11,15,18,20,22H,12-14H2,1H3,(H,21,23)/t15-,18-/m1/s1. The maximum atomic E-state index is 11.7. The summed E-state index contributed by atoms with van der Waals surface area (Å²) in [6.07, 6.45) is -1.01. The molecule has 0 aliphatic rings. The van der Waals surface area contributed by atoms with Crippen LogP contribution in [0.4, 0.5) is 4.79 Å². The van der Waals surface area contributed by atoms with Gasteiger partial charge in [0, 0.05) is 19.1 Å². The number of hydrogen-bond donors (Lipinski definition) is 3. The first-order chi connectivity index (χ1) is 11.6. The van der Waals surface area contributed by atoms with Crippen molar-refractivity contribution in [3.8, 4) is 0 Å². The molecule has 0 aliphatic carbocycles. The normalized spacial score (nSPS) is 13.1. The highest BCUT2D eigenvalue weighted by Crippen LogP contribution is 2.10. The highest BCUT2D eigenvalue weighted by Gasteiger charge is 2.10. The zero-order valence-electron chi connectivity index (χ0n) is 13.8. The van der Waals surface area contributed by atoms with Gasteiger partial charge in [-0.15, -0.1) is 0 Å². The average molecular weight is 328 g/mol. The Morgan fingerprint density at radius 3 is 2.33 bits per heavy atom. The Kier molecular flexibility index (Phi) is 7.26. The van der Waals surface area contributed by atoms with Crippen molar-refractivity contribution in [2.24, 2.45) is 0 Å². The Labute approximate surface area is 142 Å². The van der Waals surface area contributed by atoms with Crippen LogP contribution in [0, 0.1) is 0 Å². The molecule has 5 heteroatoms. The maximum Gasteiger partial charge on any atom is 0.407 e. The summed E-state index contributed by atoms with van der Waals surface area (Å²) in [5.41, 5.74) is 1.82. The van der Waals surface area contributed by atoms with Crippen molar-refractivity contribution in [1.82, 2.24) is 10.6 Å². The summed E-state index contributed by atoms with van der Waals surface area (Å²) in [6.45, 7) is 3.10. The molecule has 2 rings (SSSR count). The van der Waals surface area contributed by atoms with Crippen molar-refractivity contribution < 1.29 is 14.6 Å². The van der Waals surface area contributed by atoms with Gasteiger partial charge in [0.2, 0.25) is 0 Å². The van der Waals surface area contributed by atoms with Gasteiger partial charge in [0.1, 0.15) is 6.61 Å². The van der Waals surface area contributed by atoms with Crippen LogP contribution >= 0.6 is 0 Å². The van der Waals surface area contributed by atoms with E-state index < -0.39 is 12.2 Å². The number of aliphatic hydroxyl groups excluding tert-OH is 1. The van der Waals surface area contributed by atoms with Crippen molar-refractivity contribution in [3.63, 3.8) is 0 Å². The summed E-state index contributed by atoms with van der Waals surface area (Å²) in [5, 5.41) is 16.0. The molecule has 0 spiro atoms. The first kappa shape index (κ1) is 18.0. The molecule has 0 radical (unpaired) electrons. The third-order valence-corrected chi connectivity index (χ3v) is 3.55. The minimum atomic E-state index is -0.566. The number of ether oxygens (including phenoxy) is 1. The van der Waals surface area contributed by atoms with Crippen LogP contribution in [0.15, 0.2) is 60.7 Å². The third-order valence-electron chi connectivity index (χ3n) is 3.55. The lowest BCUT2D eigenvalue weighted by Crippen LogP contribution is -2.41. The second kappa shape index (κ2) is 9.70. The van der Waals surface area contributed by atoms with Gasteiger partial charge in [-0.05, 0) is 18.1 Å². The van der Waals surface area contributed by atoms with Crippen LogP contribution in [0.3, 0.4) is 0 Å². The van der Waals surface area contributed by atoms with E-state index in [4.69, 9.17) is 4.74 Å². The molecule has 5 nitrogen and oxygen atoms in total. The van der Waals surface area contributed by atoms with Gasteiger partial charge in [0.15, 0.2) is 0 Å². The van der Waals surface area contributed by atoms with E-state index in [-0.39, 0.29) is 12.6 Å². The summed E-state index contributed by atoms with van der Waals surface area (Å²) in [7, 11) is 0. The molecule has 2 aromatic rings. The lowest BCUT2D eigenvalue weighted by molar-refractivity contribution is 0.135. The molecule has 0 unspecified atom stereocenters. The van der Waals surface area contributed by atoms with E-state index in [1.54, 1.807) is 0 Å². The van der Waals surface area contributed by atoms with Gasteiger partial charge in [-0.25, -0.2) is 4.79 Å². The Morgan fingerprint density at radius 1 is 1.04 bits per heavy atom. The van der Waals surface area contributed by atoms with E-state index >= 15 is 0 Å². The monoisotopic (exact) mass is 328 g/mol. The second-order valence-corrected chi connectivity index (χ2v) is 5.69. The number of nitrogens with one attached hydrogen (secondary N) is 2. The highest BCUT2D eigenvalue weighted by molar-refractivity contribution is 5.67. The van der Waals surface area contributed by atoms with Crippen molar-refractivity contribution in [1.29, 1.82) is 0 Å². The second-order valence-electron chi connectivity index (χ2n) is 5.69. The molecule has 1 amide bonds. The number of rotatable bonds is 8. The van der Waals surface area contributed by atoms with Gasteiger partial charge in [-0.2, -0.15) is 0 Å². The van der Waals surface area contributed by atoms with Crippen LogP contribution < -0.4 is 10.6 Å². The van der Waals surface area contributed by atoms with Crippen LogP contribution in [-0.4, -0.2) is 30.3 Å². The van der Waals surface area contributed by atoms with Gasteiger partial charge in [0.05, 0.1) is 6.10 Å². The zero-order valence-corrected chi connectivity index (χ0v) is 13.8. The molecule has 2 aromatic carbocycles. The molecule has 2 atom stereocenters. The van der Waals surface area contributed by atoms with E-state index in [2.05, 4.69) is 10.6 Å². The molecular weight excluding hydrogens is 304 g/mol. The van der Waals surface area contributed by atoms with E-state index in [0.29, 0.717) is 13.1 Å². The first-order valence-electron chi connectivity index (χ1n) is 8.06. The van der Waals surface area contributed by atoms with Crippen molar-refractivity contribution in [2.75, 3.05) is 13.1 Å². The lowest BCUT2D eigenvalue weighted by atomic mass is 10.1. The van der Waals surface area contributed by atoms with Crippen LogP contribution in [0.2, 0.25) is 0 Å². The van der Waals surface area contributed by atoms with Crippen LogP contribution in [0.5, 0.6) is 0 Å². The van der Waals surface area contributed by atoms with Crippen LogP contribution in [0.1, 0.15) is 24.2 Å². The minimum absolute atomic E-state index is 0.101. The molecule has 128 valence electrons. The summed E-state index contributed by atoms with van der Waals surface area (Å²) in [5.74, 6) is 0. The van der Waals surface area contributed by atoms with Crippen LogP contribution in [0.25, 0.3) is 0 Å².